The van der Waals surface area contributed by atoms with Gasteiger partial charge in [-0.2, -0.15) is 0 Å². The molecule has 4 heteroatoms. The van der Waals surface area contributed by atoms with Crippen molar-refractivity contribution in [3.63, 3.8) is 0 Å². The van der Waals surface area contributed by atoms with Gasteiger partial charge in [-0.15, -0.1) is 11.3 Å². The average Bonchev–Trinajstić information content (AvgIpc) is 2.91. The van der Waals surface area contributed by atoms with Gasteiger partial charge in [-0.25, -0.2) is 4.39 Å². The maximum Gasteiger partial charge on any atom is 0.254 e. The molecule has 1 amide bonds. The molecular weight excluding hydrogens is 273 g/mol. The van der Waals surface area contributed by atoms with Crippen LogP contribution in [0.25, 0.3) is 0 Å². The number of amides is 1. The number of carbonyl (C=O) groups is 1. The van der Waals surface area contributed by atoms with Crippen molar-refractivity contribution in [3.05, 3.63) is 57.5 Å². The molecule has 0 radical (unpaired) electrons. The lowest BCUT2D eigenvalue weighted by molar-refractivity contribution is 0.0692. The van der Waals surface area contributed by atoms with E-state index >= 15 is 0 Å². The van der Waals surface area contributed by atoms with E-state index < -0.39 is 0 Å². The Labute approximate surface area is 122 Å². The predicted octanol–water partition coefficient (Wildman–Crippen LogP) is 4.25. The Hall–Kier alpha value is -1.68. The van der Waals surface area contributed by atoms with Crippen molar-refractivity contribution in [2.24, 2.45) is 0 Å². The van der Waals surface area contributed by atoms with Gasteiger partial charge in [0.1, 0.15) is 5.82 Å². The van der Waals surface area contributed by atoms with Gasteiger partial charge in [-0.1, -0.05) is 6.07 Å². The van der Waals surface area contributed by atoms with Crippen LogP contribution in [0.2, 0.25) is 0 Å². The Kier molecular flexibility index (Phi) is 4.55. The van der Waals surface area contributed by atoms with Crippen molar-refractivity contribution >= 4 is 17.2 Å². The molecule has 0 spiro atoms. The molecule has 0 fully saturated rings. The van der Waals surface area contributed by atoms with Crippen LogP contribution in [0.15, 0.2) is 35.7 Å². The molecule has 0 aliphatic heterocycles. The summed E-state index contributed by atoms with van der Waals surface area (Å²) in [5.41, 5.74) is 1.03. The van der Waals surface area contributed by atoms with E-state index in [0.29, 0.717) is 17.7 Å². The first kappa shape index (κ1) is 14.7. The van der Waals surface area contributed by atoms with Gasteiger partial charge in [0.25, 0.3) is 5.91 Å². The molecule has 0 N–H and O–H groups in total. The minimum atomic E-state index is -0.282. The van der Waals surface area contributed by atoms with Gasteiger partial charge >= 0.3 is 0 Å². The molecule has 2 aromatic rings. The van der Waals surface area contributed by atoms with Crippen molar-refractivity contribution in [3.8, 4) is 0 Å². The maximum atomic E-state index is 13.3. The number of rotatable bonds is 4. The molecular formula is C16H18FNOS. The number of nitrogens with zero attached hydrogens (tertiary/aromatic N) is 1. The molecule has 0 saturated carbocycles. The van der Waals surface area contributed by atoms with Gasteiger partial charge in [0.05, 0.1) is 6.54 Å². The highest BCUT2D eigenvalue weighted by Crippen LogP contribution is 2.18. The van der Waals surface area contributed by atoms with Crippen LogP contribution in [0.1, 0.15) is 34.6 Å². The molecule has 0 saturated heterocycles. The highest BCUT2D eigenvalue weighted by atomic mass is 32.1. The van der Waals surface area contributed by atoms with Crippen LogP contribution in [0.3, 0.4) is 0 Å². The molecule has 2 rings (SSSR count). The van der Waals surface area contributed by atoms with E-state index in [2.05, 4.69) is 0 Å². The molecule has 0 unspecified atom stereocenters. The first-order valence-corrected chi connectivity index (χ1v) is 7.46. The third-order valence-electron chi connectivity index (χ3n) is 3.20. The Morgan fingerprint density at radius 2 is 2.10 bits per heavy atom. The molecule has 0 aliphatic carbocycles. The monoisotopic (exact) mass is 291 g/mol. The van der Waals surface area contributed by atoms with E-state index in [4.69, 9.17) is 0 Å². The Bertz CT molecular complexity index is 593. The second-order valence-corrected chi connectivity index (χ2v) is 6.10. The Morgan fingerprint density at radius 3 is 2.65 bits per heavy atom. The second-order valence-electron chi connectivity index (χ2n) is 5.07. The molecule has 2 nitrogen and oxygen atoms in total. The lowest BCUT2D eigenvalue weighted by atomic mass is 10.1. The molecule has 0 bridgehead atoms. The zero-order valence-electron chi connectivity index (χ0n) is 11.9. The van der Waals surface area contributed by atoms with E-state index in [0.717, 1.165) is 4.88 Å². The summed E-state index contributed by atoms with van der Waals surface area (Å²) in [6.07, 6.45) is 0. The topological polar surface area (TPSA) is 20.3 Å². The fourth-order valence-electron chi connectivity index (χ4n) is 2.00. The Balaban J connectivity index is 2.24. The molecule has 0 atom stereocenters. The number of thiophene rings is 1. The van der Waals surface area contributed by atoms with Crippen molar-refractivity contribution in [2.45, 2.75) is 33.4 Å². The minimum absolute atomic E-state index is 0.0588. The fourth-order valence-corrected chi connectivity index (χ4v) is 2.71. The molecule has 106 valence electrons. The molecule has 1 heterocycles. The van der Waals surface area contributed by atoms with Gasteiger partial charge in [0, 0.05) is 16.5 Å². The largest absolute Gasteiger partial charge is 0.331 e. The summed E-state index contributed by atoms with van der Waals surface area (Å²) >= 11 is 1.63. The van der Waals surface area contributed by atoms with E-state index in [9.17, 15) is 9.18 Å². The van der Waals surface area contributed by atoms with Crippen LogP contribution in [0.5, 0.6) is 0 Å². The van der Waals surface area contributed by atoms with E-state index in [-0.39, 0.29) is 17.8 Å². The Morgan fingerprint density at radius 1 is 1.35 bits per heavy atom. The van der Waals surface area contributed by atoms with Crippen LogP contribution < -0.4 is 0 Å². The number of aryl methyl sites for hydroxylation is 1. The minimum Gasteiger partial charge on any atom is -0.331 e. The standard InChI is InChI=1S/C16H18FNOS/c1-11(2)18(10-14-5-4-8-20-14)16(19)13-6-7-15(17)12(3)9-13/h4-9,11H,10H2,1-3H3. The van der Waals surface area contributed by atoms with Crippen molar-refractivity contribution in [1.29, 1.82) is 0 Å². The second kappa shape index (κ2) is 6.18. The van der Waals surface area contributed by atoms with Gasteiger partial charge in [0.15, 0.2) is 0 Å². The first-order chi connectivity index (χ1) is 9.49. The highest BCUT2D eigenvalue weighted by Gasteiger charge is 2.20. The van der Waals surface area contributed by atoms with Crippen LogP contribution in [-0.4, -0.2) is 16.8 Å². The summed E-state index contributed by atoms with van der Waals surface area (Å²) < 4.78 is 13.3. The number of halogens is 1. The molecule has 1 aromatic heterocycles. The van der Waals surface area contributed by atoms with Crippen LogP contribution in [-0.2, 0) is 6.54 Å². The quantitative estimate of drug-likeness (QED) is 0.825. The van der Waals surface area contributed by atoms with E-state index in [1.807, 2.05) is 31.4 Å². The fraction of sp³-hybridized carbons (Fsp3) is 0.312. The van der Waals surface area contributed by atoms with E-state index in [1.165, 1.54) is 6.07 Å². The SMILES string of the molecule is Cc1cc(C(=O)N(Cc2cccs2)C(C)C)ccc1F. The summed E-state index contributed by atoms with van der Waals surface area (Å²) in [6.45, 7) is 6.24. The van der Waals surface area contributed by atoms with Crippen LogP contribution in [0, 0.1) is 12.7 Å². The number of hydrogen-bond donors (Lipinski definition) is 0. The number of hydrogen-bond acceptors (Lipinski definition) is 2. The third-order valence-corrected chi connectivity index (χ3v) is 4.06. The van der Waals surface area contributed by atoms with Crippen LogP contribution >= 0.6 is 11.3 Å². The smallest absolute Gasteiger partial charge is 0.254 e. The first-order valence-electron chi connectivity index (χ1n) is 6.58. The average molecular weight is 291 g/mol. The van der Waals surface area contributed by atoms with Crippen molar-refractivity contribution in [2.75, 3.05) is 0 Å². The van der Waals surface area contributed by atoms with Gasteiger partial charge in [0.2, 0.25) is 0 Å². The highest BCUT2D eigenvalue weighted by molar-refractivity contribution is 7.09. The maximum absolute atomic E-state index is 13.3. The van der Waals surface area contributed by atoms with Crippen molar-refractivity contribution in [1.82, 2.24) is 4.90 Å². The predicted molar refractivity (Wildman–Crippen MR) is 80.5 cm³/mol. The van der Waals surface area contributed by atoms with Gasteiger partial charge in [-0.05, 0) is 56.0 Å². The van der Waals surface area contributed by atoms with Crippen LogP contribution in [0.4, 0.5) is 4.39 Å². The normalized spacial score (nSPS) is 10.8. The zero-order valence-corrected chi connectivity index (χ0v) is 12.7. The molecule has 20 heavy (non-hydrogen) atoms. The summed E-state index contributed by atoms with van der Waals surface area (Å²) in [6, 6.07) is 8.60. The summed E-state index contributed by atoms with van der Waals surface area (Å²) in [7, 11) is 0. The van der Waals surface area contributed by atoms with Gasteiger partial charge in [-0.3, -0.25) is 4.79 Å². The zero-order chi connectivity index (χ0) is 14.7. The molecule has 1 aromatic carbocycles. The number of benzene rings is 1. The van der Waals surface area contributed by atoms with Gasteiger partial charge < -0.3 is 4.90 Å². The summed E-state index contributed by atoms with van der Waals surface area (Å²) in [4.78, 5) is 15.5. The van der Waals surface area contributed by atoms with Crippen molar-refractivity contribution < 1.29 is 9.18 Å². The summed E-state index contributed by atoms with van der Waals surface area (Å²) in [5.74, 6) is -0.340. The summed E-state index contributed by atoms with van der Waals surface area (Å²) in [5, 5.41) is 2.00. The molecule has 0 aliphatic rings. The lowest BCUT2D eigenvalue weighted by Crippen LogP contribution is -2.36. The third kappa shape index (κ3) is 3.25. The van der Waals surface area contributed by atoms with E-state index in [1.54, 1.807) is 35.3 Å². The number of carbonyl (C=O) groups excluding carboxylic acids is 1. The lowest BCUT2D eigenvalue weighted by Gasteiger charge is -2.26.